The van der Waals surface area contributed by atoms with Crippen LogP contribution in [0, 0.1) is 3.57 Å². The zero-order chi connectivity index (χ0) is 23.8. The number of halogens is 1. The van der Waals surface area contributed by atoms with Crippen molar-refractivity contribution in [2.75, 3.05) is 13.2 Å². The van der Waals surface area contributed by atoms with E-state index in [2.05, 4.69) is 43.8 Å². The summed E-state index contributed by atoms with van der Waals surface area (Å²) >= 11 is 7.50. The number of thiocarbonyl (C=S) groups is 1. The summed E-state index contributed by atoms with van der Waals surface area (Å²) in [7, 11) is 0. The molecule has 0 aliphatic carbocycles. The second-order valence-corrected chi connectivity index (χ2v) is 8.62. The molecule has 3 rings (SSSR count). The fourth-order valence-electron chi connectivity index (χ4n) is 3.16. The average Bonchev–Trinajstić information content (AvgIpc) is 2.79. The molecule has 3 N–H and O–H groups in total. The summed E-state index contributed by atoms with van der Waals surface area (Å²) in [4.78, 5) is 24.8. The molecule has 1 atom stereocenters. The molecule has 2 aromatic carbocycles. The van der Waals surface area contributed by atoms with Crippen LogP contribution in [0.2, 0.25) is 0 Å². The van der Waals surface area contributed by atoms with Crippen molar-refractivity contribution < 1.29 is 19.1 Å². The number of carbonyl (C=O) groups excluding carboxylic acids is 2. The number of hydrazone groups is 1. The first-order valence-corrected chi connectivity index (χ1v) is 11.6. The minimum absolute atomic E-state index is 0.244. The van der Waals surface area contributed by atoms with Crippen LogP contribution in [0.25, 0.3) is 0 Å². The molecule has 0 aromatic heterocycles. The Kier molecular flexibility index (Phi) is 8.78. The number of rotatable bonds is 8. The van der Waals surface area contributed by atoms with Gasteiger partial charge in [-0.3, -0.25) is 4.79 Å². The molecule has 0 spiro atoms. The van der Waals surface area contributed by atoms with Crippen LogP contribution in [0.5, 0.6) is 5.75 Å². The first kappa shape index (κ1) is 24.6. The summed E-state index contributed by atoms with van der Waals surface area (Å²) in [6.45, 7) is 3.49. The van der Waals surface area contributed by atoms with Gasteiger partial charge in [-0.05, 0) is 72.4 Å². The van der Waals surface area contributed by atoms with Crippen LogP contribution in [-0.4, -0.2) is 36.4 Å². The van der Waals surface area contributed by atoms with Crippen molar-refractivity contribution in [1.29, 1.82) is 0 Å². The lowest BCUT2D eigenvalue weighted by molar-refractivity contribution is -0.139. The second kappa shape index (κ2) is 11.8. The molecule has 1 aliphatic heterocycles. The number of benzene rings is 2. The number of amides is 1. The van der Waals surface area contributed by atoms with Crippen molar-refractivity contribution in [3.8, 4) is 5.75 Å². The maximum absolute atomic E-state index is 12.6. The molecule has 0 bridgehead atoms. The van der Waals surface area contributed by atoms with E-state index in [1.807, 2.05) is 30.3 Å². The van der Waals surface area contributed by atoms with E-state index in [-0.39, 0.29) is 13.2 Å². The predicted octanol–water partition coefficient (Wildman–Crippen LogP) is 3.18. The first-order valence-electron chi connectivity index (χ1n) is 10.1. The molecule has 2 aromatic rings. The van der Waals surface area contributed by atoms with Crippen molar-refractivity contribution in [2.45, 2.75) is 19.9 Å². The van der Waals surface area contributed by atoms with Gasteiger partial charge < -0.3 is 20.1 Å². The molecule has 1 amide bonds. The smallest absolute Gasteiger partial charge is 0.338 e. The molecule has 33 heavy (non-hydrogen) atoms. The number of hydrogen-bond acceptors (Lipinski definition) is 6. The largest absolute Gasteiger partial charge is 0.483 e. The molecule has 0 unspecified atom stereocenters. The Morgan fingerprint density at radius 2 is 1.94 bits per heavy atom. The molecule has 0 radical (unpaired) electrons. The zero-order valence-electron chi connectivity index (χ0n) is 18.1. The van der Waals surface area contributed by atoms with Crippen LogP contribution < -0.4 is 20.8 Å². The Hall–Kier alpha value is -2.99. The van der Waals surface area contributed by atoms with Crippen LogP contribution >= 0.6 is 34.8 Å². The van der Waals surface area contributed by atoms with Crippen LogP contribution in [0.3, 0.4) is 0 Å². The number of esters is 1. The Morgan fingerprint density at radius 3 is 2.67 bits per heavy atom. The van der Waals surface area contributed by atoms with E-state index < -0.39 is 17.9 Å². The summed E-state index contributed by atoms with van der Waals surface area (Å²) in [6.07, 6.45) is 1.56. The minimum atomic E-state index is -0.587. The van der Waals surface area contributed by atoms with Gasteiger partial charge in [-0.15, -0.1) is 0 Å². The Bertz CT molecular complexity index is 1100. The van der Waals surface area contributed by atoms with Crippen molar-refractivity contribution >= 4 is 58.0 Å². The molecule has 172 valence electrons. The summed E-state index contributed by atoms with van der Waals surface area (Å²) in [5.74, 6) is -0.441. The zero-order valence-corrected chi connectivity index (χ0v) is 21.0. The van der Waals surface area contributed by atoms with E-state index in [0.29, 0.717) is 27.7 Å². The normalized spacial score (nSPS) is 15.6. The highest BCUT2D eigenvalue weighted by molar-refractivity contribution is 14.1. The van der Waals surface area contributed by atoms with E-state index in [1.165, 1.54) is 0 Å². The lowest BCUT2D eigenvalue weighted by Crippen LogP contribution is -2.45. The molecule has 10 heteroatoms. The van der Waals surface area contributed by atoms with Gasteiger partial charge in [-0.1, -0.05) is 30.3 Å². The number of ether oxygens (including phenoxy) is 2. The first-order chi connectivity index (χ1) is 15.9. The summed E-state index contributed by atoms with van der Waals surface area (Å²) < 4.78 is 12.1. The highest BCUT2D eigenvalue weighted by Crippen LogP contribution is 2.33. The molecule has 0 saturated carbocycles. The highest BCUT2D eigenvalue weighted by atomic mass is 127. The van der Waals surface area contributed by atoms with Gasteiger partial charge in [0.15, 0.2) is 11.7 Å². The quantitative estimate of drug-likeness (QED) is 0.146. The molecule has 0 fully saturated rings. The third kappa shape index (κ3) is 6.75. The van der Waals surface area contributed by atoms with E-state index in [0.717, 1.165) is 9.13 Å². The molecular weight excluding hydrogens is 555 g/mol. The Morgan fingerprint density at radius 1 is 1.21 bits per heavy atom. The average molecular weight is 578 g/mol. The second-order valence-electron chi connectivity index (χ2n) is 6.96. The number of allylic oxidation sites excluding steroid dienone is 1. The lowest BCUT2D eigenvalue weighted by Gasteiger charge is -2.30. The van der Waals surface area contributed by atoms with Crippen molar-refractivity contribution in [1.82, 2.24) is 16.1 Å². The highest BCUT2D eigenvalue weighted by Gasteiger charge is 2.32. The van der Waals surface area contributed by atoms with E-state index in [1.54, 1.807) is 38.3 Å². The van der Waals surface area contributed by atoms with Gasteiger partial charge in [0, 0.05) is 14.8 Å². The van der Waals surface area contributed by atoms with Gasteiger partial charge in [0.1, 0.15) is 5.75 Å². The Labute approximate surface area is 210 Å². The van der Waals surface area contributed by atoms with Crippen LogP contribution in [0.1, 0.15) is 31.0 Å². The fourth-order valence-corrected chi connectivity index (χ4v) is 3.79. The third-order valence-electron chi connectivity index (χ3n) is 4.63. The summed E-state index contributed by atoms with van der Waals surface area (Å²) in [6, 6.07) is 14.2. The maximum atomic E-state index is 12.6. The number of nitrogens with one attached hydrogen (secondary N) is 3. The van der Waals surface area contributed by atoms with Crippen LogP contribution in [-0.2, 0) is 14.3 Å². The van der Waals surface area contributed by atoms with Crippen molar-refractivity contribution in [3.63, 3.8) is 0 Å². The molecule has 1 heterocycles. The number of carbonyl (C=O) groups is 2. The number of para-hydroxylation sites is 1. The third-order valence-corrected chi connectivity index (χ3v) is 5.57. The van der Waals surface area contributed by atoms with Crippen molar-refractivity contribution in [2.24, 2.45) is 5.10 Å². The Balaban J connectivity index is 1.71. The SMILES string of the molecule is CCOC(=O)C1=C(C)NC(=S)N[C@@H]1c1ccccc1OCC(=O)NN=Cc1ccc(I)cc1. The number of nitrogens with zero attached hydrogens (tertiary/aromatic N) is 1. The number of hydrogen-bond donors (Lipinski definition) is 3. The van der Waals surface area contributed by atoms with E-state index in [4.69, 9.17) is 21.7 Å². The summed E-state index contributed by atoms with van der Waals surface area (Å²) in [5, 5.41) is 10.4. The topological polar surface area (TPSA) is 101 Å². The lowest BCUT2D eigenvalue weighted by atomic mass is 9.95. The van der Waals surface area contributed by atoms with Gasteiger partial charge >= 0.3 is 5.97 Å². The minimum Gasteiger partial charge on any atom is -0.483 e. The maximum Gasteiger partial charge on any atom is 0.338 e. The van der Waals surface area contributed by atoms with Gasteiger partial charge in [0.25, 0.3) is 5.91 Å². The van der Waals surface area contributed by atoms with Crippen LogP contribution in [0.15, 0.2) is 64.9 Å². The monoisotopic (exact) mass is 578 g/mol. The van der Waals surface area contributed by atoms with E-state index in [9.17, 15) is 9.59 Å². The van der Waals surface area contributed by atoms with Crippen LogP contribution in [0.4, 0.5) is 0 Å². The van der Waals surface area contributed by atoms with Gasteiger partial charge in [0.05, 0.1) is 24.4 Å². The standard InChI is InChI=1S/C23H23IN4O4S/c1-3-31-22(30)20-14(2)26-23(33)27-21(20)17-6-4-5-7-18(17)32-13-19(29)28-25-12-15-8-10-16(24)11-9-15/h4-12,21H,3,13H2,1-2H3,(H,28,29)(H2,26,27,33)/t21-/m1/s1. The van der Waals surface area contributed by atoms with Crippen molar-refractivity contribution in [3.05, 3.63) is 74.5 Å². The fraction of sp³-hybridized carbons (Fsp3) is 0.217. The molecule has 0 saturated heterocycles. The molecule has 8 nitrogen and oxygen atoms in total. The summed E-state index contributed by atoms with van der Waals surface area (Å²) in [5.41, 5.74) is 4.96. The predicted molar refractivity (Wildman–Crippen MR) is 138 cm³/mol. The molecular formula is C23H23IN4O4S. The van der Waals surface area contributed by atoms with Gasteiger partial charge in [0.2, 0.25) is 0 Å². The molecule has 1 aliphatic rings. The van der Waals surface area contributed by atoms with Gasteiger partial charge in [-0.2, -0.15) is 5.10 Å². The van der Waals surface area contributed by atoms with E-state index >= 15 is 0 Å². The van der Waals surface area contributed by atoms with Gasteiger partial charge in [-0.25, -0.2) is 10.2 Å².